The highest BCUT2D eigenvalue weighted by molar-refractivity contribution is 6.07. The largest absolute Gasteiger partial charge is 0.345 e. The van der Waals surface area contributed by atoms with Crippen molar-refractivity contribution in [2.45, 2.75) is 20.0 Å². The number of nitrogens with one attached hydrogen (secondary N) is 1. The van der Waals surface area contributed by atoms with Crippen molar-refractivity contribution in [1.82, 2.24) is 14.5 Å². The number of nitrogens with zero attached hydrogens (tertiary/aromatic N) is 4. The van der Waals surface area contributed by atoms with E-state index in [1.807, 2.05) is 42.6 Å². The van der Waals surface area contributed by atoms with Crippen LogP contribution < -0.4 is 10.2 Å². The lowest BCUT2D eigenvalue weighted by molar-refractivity contribution is 0.0983. The lowest BCUT2D eigenvalue weighted by Gasteiger charge is -2.22. The smallest absolute Gasteiger partial charge is 0.260 e. The molecule has 0 fully saturated rings. The van der Waals surface area contributed by atoms with E-state index < -0.39 is 0 Å². The first-order valence-corrected chi connectivity index (χ1v) is 10.3. The van der Waals surface area contributed by atoms with Gasteiger partial charge in [0.05, 0.1) is 17.7 Å². The third-order valence-electron chi connectivity index (χ3n) is 5.62. The quantitative estimate of drug-likeness (QED) is 0.490. The molecule has 1 N–H and O–H groups in total. The van der Waals surface area contributed by atoms with Crippen molar-refractivity contribution in [2.75, 3.05) is 10.2 Å². The van der Waals surface area contributed by atoms with Crippen molar-refractivity contribution in [3.8, 4) is 0 Å². The molecule has 4 heterocycles. The van der Waals surface area contributed by atoms with Gasteiger partial charge >= 0.3 is 0 Å². The second-order valence-corrected chi connectivity index (χ2v) is 7.67. The summed E-state index contributed by atoms with van der Waals surface area (Å²) in [6.07, 6.45) is 5.17. The van der Waals surface area contributed by atoms with E-state index in [1.165, 1.54) is 6.20 Å². The molecule has 4 aromatic rings. The first-order valence-electron chi connectivity index (χ1n) is 10.3. The molecule has 3 aromatic heterocycles. The number of aryl methyl sites for hydroxylation is 1. The summed E-state index contributed by atoms with van der Waals surface area (Å²) in [7, 11) is 0. The van der Waals surface area contributed by atoms with E-state index in [0.717, 1.165) is 23.5 Å². The number of carbonyl (C=O) groups excluding carboxylic acids is 2. The highest BCUT2D eigenvalue weighted by atomic mass is 35.5. The zero-order valence-electron chi connectivity index (χ0n) is 17.9. The number of rotatable bonds is 3. The summed E-state index contributed by atoms with van der Waals surface area (Å²) in [4.78, 5) is 36.1. The maximum Gasteiger partial charge on any atom is 0.260 e. The van der Waals surface area contributed by atoms with Crippen molar-refractivity contribution in [2.24, 2.45) is 0 Å². The fraction of sp³-hybridized carbons (Fsp3) is 0.120. The van der Waals surface area contributed by atoms with Crippen molar-refractivity contribution in [3.63, 3.8) is 0 Å². The predicted octanol–water partition coefficient (Wildman–Crippen LogP) is 4.47. The summed E-state index contributed by atoms with van der Waals surface area (Å²) in [6, 6.07) is 18.7. The molecule has 1 aromatic carbocycles. The van der Waals surface area contributed by atoms with Crippen molar-refractivity contribution < 1.29 is 9.59 Å². The van der Waals surface area contributed by atoms with Crippen molar-refractivity contribution in [1.29, 1.82) is 0 Å². The van der Waals surface area contributed by atoms with Crippen LogP contribution in [0.15, 0.2) is 79.3 Å². The molecule has 0 saturated heterocycles. The Morgan fingerprint density at radius 3 is 2.58 bits per heavy atom. The van der Waals surface area contributed by atoms with Crippen molar-refractivity contribution >= 4 is 35.7 Å². The second kappa shape index (κ2) is 9.26. The first kappa shape index (κ1) is 22.2. The topological polar surface area (TPSA) is 80.1 Å². The van der Waals surface area contributed by atoms with Gasteiger partial charge < -0.3 is 14.8 Å². The van der Waals surface area contributed by atoms with E-state index in [0.29, 0.717) is 29.2 Å². The Morgan fingerprint density at radius 1 is 0.939 bits per heavy atom. The zero-order valence-corrected chi connectivity index (χ0v) is 18.7. The molecule has 8 heteroatoms. The van der Waals surface area contributed by atoms with Crippen LogP contribution in [0.3, 0.4) is 0 Å². The number of hydrogen-bond acceptors (Lipinski definition) is 4. The standard InChI is InChI=1S/C25H21N5O2.ClH/c1-17-21(8-4-12-26-17)24(31)28-23-11-10-18(14-27-23)25(32)30-16-20-7-5-13-29(20)15-19-6-2-3-9-22(19)30;/h2-14H,15-16H2,1H3,(H,27,28,31);1H. The fourth-order valence-electron chi connectivity index (χ4n) is 3.93. The van der Waals surface area contributed by atoms with Gasteiger partial charge in [-0.2, -0.15) is 0 Å². The van der Waals surface area contributed by atoms with Gasteiger partial charge in [-0.25, -0.2) is 4.98 Å². The van der Waals surface area contributed by atoms with Gasteiger partial charge in [0.1, 0.15) is 5.82 Å². The van der Waals surface area contributed by atoms with Crippen LogP contribution in [0.2, 0.25) is 0 Å². The Labute approximate surface area is 197 Å². The maximum atomic E-state index is 13.4. The van der Waals surface area contributed by atoms with Crippen LogP contribution in [0.1, 0.15) is 37.7 Å². The van der Waals surface area contributed by atoms with Crippen LogP contribution in [0.4, 0.5) is 11.5 Å². The van der Waals surface area contributed by atoms with Gasteiger partial charge in [0.2, 0.25) is 0 Å². The number of para-hydroxylation sites is 1. The number of aromatic nitrogens is 3. The average Bonchev–Trinajstić information content (AvgIpc) is 3.18. The number of benzene rings is 1. The maximum absolute atomic E-state index is 13.4. The van der Waals surface area contributed by atoms with Crippen LogP contribution >= 0.6 is 12.4 Å². The Hall–Kier alpha value is -3.97. The summed E-state index contributed by atoms with van der Waals surface area (Å²) in [5.74, 6) is -0.0510. The number of halogens is 1. The number of carbonyl (C=O) groups is 2. The Balaban J connectivity index is 0.00000259. The summed E-state index contributed by atoms with van der Waals surface area (Å²) >= 11 is 0. The Kier molecular flexibility index (Phi) is 6.24. The molecule has 2 amide bonds. The number of hydrogen-bond donors (Lipinski definition) is 1. The number of fused-ring (bicyclic) bond motifs is 2. The minimum absolute atomic E-state index is 0. The van der Waals surface area contributed by atoms with Gasteiger partial charge in [0, 0.05) is 42.2 Å². The van der Waals surface area contributed by atoms with Crippen molar-refractivity contribution in [3.05, 3.63) is 107 Å². The van der Waals surface area contributed by atoms with Gasteiger partial charge in [0.15, 0.2) is 0 Å². The highest BCUT2D eigenvalue weighted by Crippen LogP contribution is 2.29. The molecule has 1 aliphatic rings. The summed E-state index contributed by atoms with van der Waals surface area (Å²) in [5.41, 5.74) is 4.62. The fourth-order valence-corrected chi connectivity index (χ4v) is 3.93. The minimum Gasteiger partial charge on any atom is -0.345 e. The highest BCUT2D eigenvalue weighted by Gasteiger charge is 2.25. The first-order chi connectivity index (χ1) is 15.6. The SMILES string of the molecule is Cc1ncccc1C(=O)Nc1ccc(C(=O)N2Cc3cccn3Cc3ccccc32)cn1.Cl. The summed E-state index contributed by atoms with van der Waals surface area (Å²) < 4.78 is 2.16. The lowest BCUT2D eigenvalue weighted by atomic mass is 10.1. The third-order valence-corrected chi connectivity index (χ3v) is 5.62. The number of pyridine rings is 2. The van der Waals surface area contributed by atoms with E-state index in [4.69, 9.17) is 0 Å². The van der Waals surface area contributed by atoms with Gasteiger partial charge in [-0.1, -0.05) is 18.2 Å². The molecule has 33 heavy (non-hydrogen) atoms. The van der Waals surface area contributed by atoms with E-state index >= 15 is 0 Å². The lowest BCUT2D eigenvalue weighted by Crippen LogP contribution is -2.30. The van der Waals surface area contributed by atoms with E-state index in [-0.39, 0.29) is 24.2 Å². The molecule has 1 aliphatic heterocycles. The molecule has 0 saturated carbocycles. The molecular formula is C25H22ClN5O2. The van der Waals surface area contributed by atoms with Gasteiger partial charge in [-0.05, 0) is 55.0 Å². The molecule has 7 nitrogen and oxygen atoms in total. The molecular weight excluding hydrogens is 438 g/mol. The minimum atomic E-state index is -0.288. The molecule has 166 valence electrons. The average molecular weight is 460 g/mol. The van der Waals surface area contributed by atoms with E-state index in [9.17, 15) is 9.59 Å². The second-order valence-electron chi connectivity index (χ2n) is 7.67. The summed E-state index contributed by atoms with van der Waals surface area (Å²) in [6.45, 7) is 2.97. The van der Waals surface area contributed by atoms with Gasteiger partial charge in [0.25, 0.3) is 11.8 Å². The van der Waals surface area contributed by atoms with Crippen LogP contribution in [0.5, 0.6) is 0 Å². The normalized spacial score (nSPS) is 12.1. The van der Waals surface area contributed by atoms with E-state index in [1.54, 1.807) is 42.3 Å². The predicted molar refractivity (Wildman–Crippen MR) is 129 cm³/mol. The molecule has 0 unspecified atom stereocenters. The molecule has 0 spiro atoms. The molecule has 0 atom stereocenters. The Morgan fingerprint density at radius 2 is 1.79 bits per heavy atom. The van der Waals surface area contributed by atoms with E-state index in [2.05, 4.69) is 19.9 Å². The number of amides is 2. The zero-order chi connectivity index (χ0) is 22.1. The van der Waals surface area contributed by atoms with Crippen LogP contribution in [0.25, 0.3) is 0 Å². The third kappa shape index (κ3) is 4.36. The molecule has 0 aliphatic carbocycles. The Bertz CT molecular complexity index is 1320. The molecule has 0 bridgehead atoms. The van der Waals surface area contributed by atoms with Gasteiger partial charge in [-0.3, -0.25) is 14.6 Å². The molecule has 0 radical (unpaired) electrons. The number of anilines is 2. The monoisotopic (exact) mass is 459 g/mol. The van der Waals surface area contributed by atoms with Gasteiger partial charge in [-0.15, -0.1) is 12.4 Å². The molecule has 5 rings (SSSR count). The summed E-state index contributed by atoms with van der Waals surface area (Å²) in [5, 5.41) is 2.76. The van der Waals surface area contributed by atoms with Crippen LogP contribution in [-0.4, -0.2) is 26.3 Å². The van der Waals surface area contributed by atoms with Crippen LogP contribution in [-0.2, 0) is 13.1 Å². The van der Waals surface area contributed by atoms with Crippen LogP contribution in [0, 0.1) is 6.92 Å².